The quantitative estimate of drug-likeness (QED) is 0.658. The van der Waals surface area contributed by atoms with E-state index in [0.29, 0.717) is 11.1 Å². The lowest BCUT2D eigenvalue weighted by atomic mass is 9.91. The van der Waals surface area contributed by atoms with Gasteiger partial charge in [-0.1, -0.05) is 61.2 Å². The van der Waals surface area contributed by atoms with Crippen molar-refractivity contribution in [3.63, 3.8) is 0 Å². The van der Waals surface area contributed by atoms with Gasteiger partial charge in [0.1, 0.15) is 5.60 Å². The van der Waals surface area contributed by atoms with Crippen molar-refractivity contribution >= 4 is 11.6 Å². The average molecular weight is 294 g/mol. The van der Waals surface area contributed by atoms with Crippen molar-refractivity contribution in [2.24, 2.45) is 0 Å². The molecule has 0 fully saturated rings. The van der Waals surface area contributed by atoms with E-state index in [2.05, 4.69) is 6.58 Å². The molecule has 1 unspecified atom stereocenters. The predicted octanol–water partition coefficient (Wildman–Crippen LogP) is 2.97. The highest BCUT2D eigenvalue weighted by Crippen LogP contribution is 2.17. The van der Waals surface area contributed by atoms with Crippen molar-refractivity contribution in [3.05, 3.63) is 83.9 Å². The Kier molecular flexibility index (Phi) is 4.68. The van der Waals surface area contributed by atoms with E-state index >= 15 is 0 Å². The topological polar surface area (TPSA) is 54.4 Å². The molecule has 0 aliphatic heterocycles. The first-order chi connectivity index (χ1) is 10.4. The highest BCUT2D eigenvalue weighted by Gasteiger charge is 2.27. The van der Waals surface area contributed by atoms with Crippen LogP contribution in [0, 0.1) is 0 Å². The molecule has 0 heterocycles. The lowest BCUT2D eigenvalue weighted by Crippen LogP contribution is -2.36. The summed E-state index contributed by atoms with van der Waals surface area (Å²) in [6, 6.07) is 16.0. The lowest BCUT2D eigenvalue weighted by molar-refractivity contribution is -0.130. The smallest absolute Gasteiger partial charge is 0.193 e. The minimum atomic E-state index is -1.48. The highest BCUT2D eigenvalue weighted by atomic mass is 16.3. The maximum Gasteiger partial charge on any atom is 0.193 e. The van der Waals surface area contributed by atoms with Crippen LogP contribution < -0.4 is 0 Å². The Morgan fingerprint density at radius 1 is 1.05 bits per heavy atom. The van der Waals surface area contributed by atoms with E-state index in [-0.39, 0.29) is 12.2 Å². The van der Waals surface area contributed by atoms with Gasteiger partial charge in [-0.15, -0.1) is 0 Å². The molecule has 0 aliphatic carbocycles. The van der Waals surface area contributed by atoms with Crippen LogP contribution in [0.15, 0.2) is 67.3 Å². The normalized spacial score (nSPS) is 13.2. The van der Waals surface area contributed by atoms with Gasteiger partial charge in [-0.05, 0) is 18.6 Å². The first kappa shape index (κ1) is 15.9. The van der Waals surface area contributed by atoms with Gasteiger partial charge in [0, 0.05) is 17.5 Å². The molecule has 0 aliphatic rings. The molecule has 3 heteroatoms. The molecule has 1 N–H and O–H groups in total. The van der Waals surface area contributed by atoms with E-state index in [1.807, 2.05) is 18.2 Å². The fraction of sp³-hybridized carbons (Fsp3) is 0.158. The maximum atomic E-state index is 12.3. The molecule has 0 bridgehead atoms. The molecule has 22 heavy (non-hydrogen) atoms. The number of ketones is 2. The van der Waals surface area contributed by atoms with Crippen LogP contribution in [0.2, 0.25) is 0 Å². The molecule has 0 saturated carbocycles. The summed E-state index contributed by atoms with van der Waals surface area (Å²) < 4.78 is 0. The summed E-state index contributed by atoms with van der Waals surface area (Å²) in [6.45, 7) is 4.84. The van der Waals surface area contributed by atoms with Crippen LogP contribution in [-0.2, 0) is 11.2 Å². The molecule has 0 amide bonds. The van der Waals surface area contributed by atoms with Crippen LogP contribution >= 0.6 is 0 Å². The molecule has 2 aromatic rings. The van der Waals surface area contributed by atoms with Gasteiger partial charge in [0.2, 0.25) is 0 Å². The van der Waals surface area contributed by atoms with Gasteiger partial charge in [0.05, 0.1) is 0 Å². The Morgan fingerprint density at radius 3 is 2.14 bits per heavy atom. The van der Waals surface area contributed by atoms with E-state index in [9.17, 15) is 14.7 Å². The zero-order chi connectivity index (χ0) is 16.2. The van der Waals surface area contributed by atoms with Crippen LogP contribution in [0.3, 0.4) is 0 Å². The van der Waals surface area contributed by atoms with Crippen molar-refractivity contribution in [1.82, 2.24) is 0 Å². The minimum absolute atomic E-state index is 0.0546. The molecular weight excluding hydrogens is 276 g/mol. The number of carbonyl (C=O) groups is 2. The summed E-state index contributed by atoms with van der Waals surface area (Å²) in [6.07, 6.45) is 1.30. The van der Waals surface area contributed by atoms with Gasteiger partial charge in [-0.3, -0.25) is 9.59 Å². The lowest BCUT2D eigenvalue weighted by Gasteiger charge is -2.20. The molecule has 0 aromatic heterocycles. The van der Waals surface area contributed by atoms with Gasteiger partial charge in [-0.25, -0.2) is 0 Å². The number of carbonyl (C=O) groups excluding carboxylic acids is 2. The molecular formula is C19H18O3. The first-order valence-corrected chi connectivity index (χ1v) is 7.02. The second-order valence-corrected chi connectivity index (χ2v) is 5.41. The number of hydrogen-bond donors (Lipinski definition) is 1. The summed E-state index contributed by atoms with van der Waals surface area (Å²) in [5.41, 5.74) is 0.505. The average Bonchev–Trinajstić information content (AvgIpc) is 2.54. The van der Waals surface area contributed by atoms with Crippen LogP contribution in [0.25, 0.3) is 0 Å². The van der Waals surface area contributed by atoms with Crippen molar-refractivity contribution in [1.29, 1.82) is 0 Å². The van der Waals surface area contributed by atoms with Crippen molar-refractivity contribution in [3.8, 4) is 0 Å². The second-order valence-electron chi connectivity index (χ2n) is 5.41. The van der Waals surface area contributed by atoms with Gasteiger partial charge in [0.25, 0.3) is 0 Å². The SMILES string of the molecule is C=CC(=O)C(C)(O)Cc1ccc(C(=O)c2ccccc2)cc1. The fourth-order valence-electron chi connectivity index (χ4n) is 2.23. The molecule has 2 aromatic carbocycles. The molecule has 1 atom stereocenters. The van der Waals surface area contributed by atoms with Crippen molar-refractivity contribution in [2.45, 2.75) is 18.9 Å². The first-order valence-electron chi connectivity index (χ1n) is 7.02. The van der Waals surface area contributed by atoms with Crippen LogP contribution in [0.1, 0.15) is 28.4 Å². The van der Waals surface area contributed by atoms with E-state index in [1.165, 1.54) is 6.92 Å². The third-order valence-electron chi connectivity index (χ3n) is 3.52. The molecule has 0 spiro atoms. The monoisotopic (exact) mass is 294 g/mol. The molecule has 0 radical (unpaired) electrons. The van der Waals surface area contributed by atoms with E-state index in [0.717, 1.165) is 11.6 Å². The standard InChI is InChI=1S/C19H18O3/c1-3-17(20)19(2,22)13-14-9-11-16(12-10-14)18(21)15-7-5-4-6-8-15/h3-12,22H,1,13H2,2H3. The Labute approximate surface area is 129 Å². The Hall–Kier alpha value is -2.52. The van der Waals surface area contributed by atoms with Crippen molar-refractivity contribution < 1.29 is 14.7 Å². The Morgan fingerprint density at radius 2 is 1.59 bits per heavy atom. The van der Waals surface area contributed by atoms with E-state index in [4.69, 9.17) is 0 Å². The van der Waals surface area contributed by atoms with E-state index in [1.54, 1.807) is 36.4 Å². The summed E-state index contributed by atoms with van der Waals surface area (Å²) in [5, 5.41) is 10.1. The number of benzene rings is 2. The molecule has 2 rings (SSSR count). The summed E-state index contributed by atoms with van der Waals surface area (Å²) in [5.74, 6) is -0.474. The number of aliphatic hydroxyl groups is 1. The second kappa shape index (κ2) is 6.50. The van der Waals surface area contributed by atoms with Gasteiger partial charge in [-0.2, -0.15) is 0 Å². The zero-order valence-corrected chi connectivity index (χ0v) is 12.5. The highest BCUT2D eigenvalue weighted by molar-refractivity contribution is 6.08. The van der Waals surface area contributed by atoms with Gasteiger partial charge >= 0.3 is 0 Å². The summed E-state index contributed by atoms with van der Waals surface area (Å²) in [4.78, 5) is 23.9. The maximum absolute atomic E-state index is 12.3. The van der Waals surface area contributed by atoms with E-state index < -0.39 is 11.4 Å². The molecule has 112 valence electrons. The fourth-order valence-corrected chi connectivity index (χ4v) is 2.23. The number of hydrogen-bond acceptors (Lipinski definition) is 3. The van der Waals surface area contributed by atoms with Crippen LogP contribution in [0.4, 0.5) is 0 Å². The summed E-state index contributed by atoms with van der Waals surface area (Å²) >= 11 is 0. The predicted molar refractivity (Wildman–Crippen MR) is 85.8 cm³/mol. The minimum Gasteiger partial charge on any atom is -0.382 e. The third kappa shape index (κ3) is 3.57. The molecule has 0 saturated heterocycles. The summed E-state index contributed by atoms with van der Waals surface area (Å²) in [7, 11) is 0. The third-order valence-corrected chi connectivity index (χ3v) is 3.52. The van der Waals surface area contributed by atoms with Gasteiger partial charge < -0.3 is 5.11 Å². The zero-order valence-electron chi connectivity index (χ0n) is 12.5. The van der Waals surface area contributed by atoms with Crippen LogP contribution in [-0.4, -0.2) is 22.3 Å². The largest absolute Gasteiger partial charge is 0.382 e. The molecule has 3 nitrogen and oxygen atoms in total. The number of rotatable bonds is 6. The van der Waals surface area contributed by atoms with Gasteiger partial charge in [0.15, 0.2) is 11.6 Å². The van der Waals surface area contributed by atoms with Crippen molar-refractivity contribution in [2.75, 3.05) is 0 Å². The Balaban J connectivity index is 2.16. The Bertz CT molecular complexity index is 682. The van der Waals surface area contributed by atoms with Crippen LogP contribution in [0.5, 0.6) is 0 Å².